The summed E-state index contributed by atoms with van der Waals surface area (Å²) in [6.07, 6.45) is 3.59. The number of hydrogen-bond donors (Lipinski definition) is 2. The maximum atomic E-state index is 14.2. The molecule has 218 valence electrons. The maximum absolute atomic E-state index is 14.2. The summed E-state index contributed by atoms with van der Waals surface area (Å²) in [6.45, 7) is 4.47. The average Bonchev–Trinajstić information content (AvgIpc) is 3.55. The van der Waals surface area contributed by atoms with Gasteiger partial charge in [-0.3, -0.25) is 14.4 Å². The third kappa shape index (κ3) is 5.02. The molecule has 6 rings (SSSR count). The highest BCUT2D eigenvalue weighted by molar-refractivity contribution is 6.35. The van der Waals surface area contributed by atoms with Gasteiger partial charge < -0.3 is 20.3 Å². The monoisotopic (exact) mass is 601 g/mol. The highest BCUT2D eigenvalue weighted by Gasteiger charge is 2.74. The molecule has 1 saturated carbocycles. The molecule has 3 aliphatic heterocycles. The van der Waals surface area contributed by atoms with E-state index in [0.29, 0.717) is 46.0 Å². The Morgan fingerprint density at radius 1 is 1.05 bits per heavy atom. The molecule has 4 aliphatic rings. The van der Waals surface area contributed by atoms with Gasteiger partial charge in [-0.15, -0.1) is 0 Å². The molecule has 2 aromatic carbocycles. The molecule has 3 amide bonds. The van der Waals surface area contributed by atoms with E-state index in [-0.39, 0.29) is 36.1 Å². The zero-order valence-electron chi connectivity index (χ0n) is 23.0. The smallest absolute Gasteiger partial charge is 0.246 e. The van der Waals surface area contributed by atoms with Crippen LogP contribution in [0.2, 0.25) is 10.0 Å². The minimum absolute atomic E-state index is 0.00486. The van der Waals surface area contributed by atoms with E-state index in [0.717, 1.165) is 19.3 Å². The number of ether oxygens (including phenoxy) is 1. The number of anilines is 1. The van der Waals surface area contributed by atoms with Gasteiger partial charge in [-0.25, -0.2) is 4.39 Å². The van der Waals surface area contributed by atoms with Crippen LogP contribution < -0.4 is 10.6 Å². The predicted molar refractivity (Wildman–Crippen MR) is 154 cm³/mol. The van der Waals surface area contributed by atoms with Crippen LogP contribution in [0.4, 0.5) is 10.1 Å². The SMILES string of the molecule is CC1CCCC(NC(=O)C2N(Cc3ccc(F)cc3)C(=O)C3C(C(=O)Nc4cc(Cl)cc(Cl)c4)C4CCC32O4)C1C. The Kier molecular flexibility index (Phi) is 7.54. The van der Waals surface area contributed by atoms with Crippen molar-refractivity contribution in [1.82, 2.24) is 10.2 Å². The van der Waals surface area contributed by atoms with Gasteiger partial charge in [0, 0.05) is 28.3 Å². The number of fused-ring (bicyclic) bond motifs is 1. The minimum atomic E-state index is -1.12. The van der Waals surface area contributed by atoms with E-state index in [1.807, 2.05) is 0 Å². The van der Waals surface area contributed by atoms with Gasteiger partial charge in [0.05, 0.1) is 17.9 Å². The summed E-state index contributed by atoms with van der Waals surface area (Å²) in [5, 5.41) is 6.89. The summed E-state index contributed by atoms with van der Waals surface area (Å²) in [5.41, 5.74) is -0.00561. The molecular formula is C31H34Cl2FN3O4. The molecule has 1 aliphatic carbocycles. The van der Waals surface area contributed by atoms with E-state index in [1.54, 1.807) is 35.2 Å². The van der Waals surface area contributed by atoms with Crippen LogP contribution in [0.25, 0.3) is 0 Å². The molecule has 4 fully saturated rings. The first-order chi connectivity index (χ1) is 19.6. The molecule has 41 heavy (non-hydrogen) atoms. The largest absolute Gasteiger partial charge is 0.367 e. The zero-order chi connectivity index (χ0) is 29.1. The summed E-state index contributed by atoms with van der Waals surface area (Å²) in [7, 11) is 0. The van der Waals surface area contributed by atoms with Crippen LogP contribution in [-0.4, -0.2) is 46.4 Å². The molecule has 3 saturated heterocycles. The Hall–Kier alpha value is -2.68. The van der Waals surface area contributed by atoms with Crippen molar-refractivity contribution in [2.45, 2.75) is 76.3 Å². The van der Waals surface area contributed by atoms with Crippen LogP contribution in [0.15, 0.2) is 42.5 Å². The second-order valence-corrected chi connectivity index (χ2v) is 13.1. The lowest BCUT2D eigenvalue weighted by molar-refractivity contribution is -0.142. The van der Waals surface area contributed by atoms with Crippen LogP contribution in [0.5, 0.6) is 0 Å². The van der Waals surface area contributed by atoms with Crippen molar-refractivity contribution >= 4 is 46.6 Å². The van der Waals surface area contributed by atoms with Gasteiger partial charge in [-0.2, -0.15) is 0 Å². The van der Waals surface area contributed by atoms with E-state index in [4.69, 9.17) is 27.9 Å². The molecule has 8 atom stereocenters. The van der Waals surface area contributed by atoms with E-state index < -0.39 is 29.6 Å². The van der Waals surface area contributed by atoms with Crippen molar-refractivity contribution in [2.75, 3.05) is 5.32 Å². The lowest BCUT2D eigenvalue weighted by Crippen LogP contribution is -2.58. The third-order valence-electron chi connectivity index (χ3n) is 9.78. The number of likely N-dealkylation sites (tertiary alicyclic amines) is 1. The molecule has 2 aromatic rings. The Labute approximate surface area is 249 Å². The zero-order valence-corrected chi connectivity index (χ0v) is 24.6. The van der Waals surface area contributed by atoms with Crippen molar-refractivity contribution in [3.05, 3.63) is 63.9 Å². The molecule has 1 spiro atoms. The van der Waals surface area contributed by atoms with E-state index in [2.05, 4.69) is 24.5 Å². The fraction of sp³-hybridized carbons (Fsp3) is 0.516. The number of rotatable bonds is 6. The number of carbonyl (C=O) groups excluding carboxylic acids is 3. The molecule has 0 aromatic heterocycles. The van der Waals surface area contributed by atoms with Crippen molar-refractivity contribution in [3.63, 3.8) is 0 Å². The third-order valence-corrected chi connectivity index (χ3v) is 10.2. The minimum Gasteiger partial charge on any atom is -0.367 e. The second kappa shape index (κ2) is 10.9. The first-order valence-corrected chi connectivity index (χ1v) is 15.1. The highest BCUT2D eigenvalue weighted by atomic mass is 35.5. The van der Waals surface area contributed by atoms with E-state index in [1.165, 1.54) is 12.1 Å². The van der Waals surface area contributed by atoms with E-state index >= 15 is 0 Å². The molecule has 0 radical (unpaired) electrons. The Balaban J connectivity index is 1.32. The standard InChI is InChI=1S/C31H34Cl2FN3O4/c1-16-4-3-5-23(17(16)2)36-29(39)27-31-11-10-24(41-31)25(28(38)35-22-13-19(32)12-20(33)14-22)26(31)30(40)37(27)15-18-6-8-21(34)9-7-18/h6-9,12-14,16-17,23-27H,3-5,10-11,15H2,1-2H3,(H,35,38)(H,36,39). The van der Waals surface area contributed by atoms with Crippen LogP contribution in [0, 0.1) is 29.5 Å². The fourth-order valence-electron chi connectivity index (χ4n) is 7.61. The summed E-state index contributed by atoms with van der Waals surface area (Å²) in [5.74, 6) is -2.13. The molecule has 10 heteroatoms. The number of nitrogens with zero attached hydrogens (tertiary/aromatic N) is 1. The van der Waals surface area contributed by atoms with Crippen molar-refractivity contribution in [3.8, 4) is 0 Å². The maximum Gasteiger partial charge on any atom is 0.246 e. The van der Waals surface area contributed by atoms with Crippen LogP contribution in [0.1, 0.15) is 51.5 Å². The Morgan fingerprint density at radius 3 is 2.46 bits per heavy atom. The quantitative estimate of drug-likeness (QED) is 0.452. The first-order valence-electron chi connectivity index (χ1n) is 14.4. The molecule has 2 N–H and O–H groups in total. The van der Waals surface area contributed by atoms with Gasteiger partial charge in [0.15, 0.2) is 0 Å². The molecular weight excluding hydrogens is 568 g/mol. The summed E-state index contributed by atoms with van der Waals surface area (Å²) < 4.78 is 20.2. The molecule has 2 bridgehead atoms. The van der Waals surface area contributed by atoms with Gasteiger partial charge in [-0.1, -0.05) is 62.0 Å². The second-order valence-electron chi connectivity index (χ2n) is 12.2. The van der Waals surface area contributed by atoms with Gasteiger partial charge in [0.1, 0.15) is 17.5 Å². The van der Waals surface area contributed by atoms with Crippen LogP contribution >= 0.6 is 23.2 Å². The van der Waals surface area contributed by atoms with Crippen LogP contribution in [0.3, 0.4) is 0 Å². The number of halogens is 3. The van der Waals surface area contributed by atoms with Gasteiger partial charge in [-0.05, 0) is 67.0 Å². The summed E-state index contributed by atoms with van der Waals surface area (Å²) in [6, 6.07) is 9.74. The normalized spacial score (nSPS) is 34.0. The number of amides is 3. The molecule has 3 heterocycles. The fourth-order valence-corrected chi connectivity index (χ4v) is 8.14. The van der Waals surface area contributed by atoms with Crippen molar-refractivity contribution in [2.24, 2.45) is 23.7 Å². The van der Waals surface area contributed by atoms with E-state index in [9.17, 15) is 18.8 Å². The van der Waals surface area contributed by atoms with Gasteiger partial charge >= 0.3 is 0 Å². The number of carbonyl (C=O) groups is 3. The topological polar surface area (TPSA) is 87.7 Å². The number of benzene rings is 2. The highest BCUT2D eigenvalue weighted by Crippen LogP contribution is 2.58. The lowest BCUT2D eigenvalue weighted by atomic mass is 9.70. The van der Waals surface area contributed by atoms with Crippen molar-refractivity contribution < 1.29 is 23.5 Å². The summed E-state index contributed by atoms with van der Waals surface area (Å²) in [4.78, 5) is 43.6. The lowest BCUT2D eigenvalue weighted by Gasteiger charge is -2.38. The number of nitrogens with one attached hydrogen (secondary N) is 2. The Bertz CT molecular complexity index is 1350. The average molecular weight is 603 g/mol. The van der Waals surface area contributed by atoms with Crippen molar-refractivity contribution in [1.29, 1.82) is 0 Å². The number of hydrogen-bond acceptors (Lipinski definition) is 4. The van der Waals surface area contributed by atoms with Crippen LogP contribution in [-0.2, 0) is 25.7 Å². The summed E-state index contributed by atoms with van der Waals surface area (Å²) >= 11 is 12.3. The molecule has 8 unspecified atom stereocenters. The predicted octanol–water partition coefficient (Wildman–Crippen LogP) is 5.59. The first kappa shape index (κ1) is 28.4. The van der Waals surface area contributed by atoms with Gasteiger partial charge in [0.25, 0.3) is 0 Å². The van der Waals surface area contributed by atoms with Gasteiger partial charge in [0.2, 0.25) is 17.7 Å². The Morgan fingerprint density at radius 2 is 1.76 bits per heavy atom. The molecule has 7 nitrogen and oxygen atoms in total.